The monoisotopic (exact) mass is 169 g/mol. The Labute approximate surface area is 72.4 Å². The van der Waals surface area contributed by atoms with Crippen LogP contribution in [0.25, 0.3) is 0 Å². The number of aromatic nitrogens is 2. The summed E-state index contributed by atoms with van der Waals surface area (Å²) in [6, 6.07) is 0. The molecule has 0 saturated heterocycles. The van der Waals surface area contributed by atoms with Gasteiger partial charge in [0.1, 0.15) is 5.82 Å². The van der Waals surface area contributed by atoms with Gasteiger partial charge in [0.2, 0.25) is 0 Å². The maximum absolute atomic E-state index is 10.7. The van der Waals surface area contributed by atoms with E-state index in [1.165, 1.54) is 6.92 Å². The molecule has 0 atom stereocenters. The molecule has 0 unspecified atom stereocenters. The number of carbonyl (C=O) groups excluding carboxylic acids is 1. The molecule has 0 aliphatic carbocycles. The first-order valence-electron chi connectivity index (χ1n) is 3.91. The molecular weight excluding hydrogens is 154 g/mol. The number of Topliss-reactive ketones (excluding diaryl/α,β-unsaturated/α-hetero) is 1. The predicted molar refractivity (Wildman–Crippen MR) is 49.0 cm³/mol. The Morgan fingerprint density at radius 2 is 2.08 bits per heavy atom. The van der Waals surface area contributed by atoms with Gasteiger partial charge < -0.3 is 10.3 Å². The van der Waals surface area contributed by atoms with Crippen LogP contribution >= 0.6 is 0 Å². The first-order chi connectivity index (χ1) is 5.61. The molecule has 4 heteroatoms. The summed E-state index contributed by atoms with van der Waals surface area (Å²) in [7, 11) is 1.74. The first kappa shape index (κ1) is 10.7. The molecule has 12 heavy (non-hydrogen) atoms. The summed E-state index contributed by atoms with van der Waals surface area (Å²) in [6.07, 6.45) is 1.61. The quantitative estimate of drug-likeness (QED) is 0.643. The Balaban J connectivity index is 0.000000561. The lowest BCUT2D eigenvalue weighted by Crippen LogP contribution is -2.02. The van der Waals surface area contributed by atoms with Gasteiger partial charge in [0.05, 0.1) is 0 Å². The fraction of sp³-hybridized carbons (Fsp3) is 0.500. The topological polar surface area (TPSA) is 60.9 Å². The van der Waals surface area contributed by atoms with Crippen LogP contribution in [0, 0.1) is 0 Å². The van der Waals surface area contributed by atoms with E-state index in [-0.39, 0.29) is 5.78 Å². The fourth-order valence-electron chi connectivity index (χ4n) is 0.817. The summed E-state index contributed by atoms with van der Waals surface area (Å²) in [5.41, 5.74) is 5.33. The van der Waals surface area contributed by atoms with Crippen LogP contribution in [0.3, 0.4) is 0 Å². The highest BCUT2D eigenvalue weighted by Gasteiger charge is 2.05. The van der Waals surface area contributed by atoms with Crippen LogP contribution in [-0.4, -0.2) is 15.3 Å². The minimum Gasteiger partial charge on any atom is -0.382 e. The van der Waals surface area contributed by atoms with Crippen LogP contribution in [0.5, 0.6) is 0 Å². The predicted octanol–water partition coefficient (Wildman–Crippen LogP) is 1.23. The molecule has 0 amide bonds. The van der Waals surface area contributed by atoms with E-state index < -0.39 is 0 Å². The van der Waals surface area contributed by atoms with Crippen molar-refractivity contribution in [2.24, 2.45) is 7.05 Å². The second-order valence-corrected chi connectivity index (χ2v) is 2.16. The van der Waals surface area contributed by atoms with Crippen LogP contribution in [0.2, 0.25) is 0 Å². The lowest BCUT2D eigenvalue weighted by Gasteiger charge is -1.91. The Morgan fingerprint density at radius 3 is 2.25 bits per heavy atom. The van der Waals surface area contributed by atoms with Gasteiger partial charge in [-0.25, -0.2) is 4.98 Å². The van der Waals surface area contributed by atoms with Crippen molar-refractivity contribution in [3.8, 4) is 0 Å². The van der Waals surface area contributed by atoms with Gasteiger partial charge in [0.15, 0.2) is 11.6 Å². The third kappa shape index (κ3) is 2.38. The maximum Gasteiger partial charge on any atom is 0.195 e. The molecule has 4 nitrogen and oxygen atoms in total. The number of anilines is 1. The van der Waals surface area contributed by atoms with Crippen LogP contribution in [0.15, 0.2) is 6.20 Å². The highest BCUT2D eigenvalue weighted by molar-refractivity contribution is 5.91. The smallest absolute Gasteiger partial charge is 0.195 e. The van der Waals surface area contributed by atoms with Crippen LogP contribution < -0.4 is 5.73 Å². The summed E-state index contributed by atoms with van der Waals surface area (Å²) in [5, 5.41) is 0. The molecule has 0 saturated carbocycles. The van der Waals surface area contributed by atoms with Gasteiger partial charge in [-0.15, -0.1) is 0 Å². The number of ketones is 1. The molecule has 0 radical (unpaired) electrons. The van der Waals surface area contributed by atoms with E-state index in [2.05, 4.69) is 4.98 Å². The van der Waals surface area contributed by atoms with Gasteiger partial charge >= 0.3 is 0 Å². The zero-order valence-corrected chi connectivity index (χ0v) is 7.96. The highest BCUT2D eigenvalue weighted by Crippen LogP contribution is 2.01. The number of nitrogens with zero attached hydrogens (tertiary/aromatic N) is 2. The Kier molecular flexibility index (Phi) is 4.04. The van der Waals surface area contributed by atoms with E-state index in [1.54, 1.807) is 17.8 Å². The lowest BCUT2D eigenvalue weighted by atomic mass is 10.4. The number of carbonyl (C=O) groups is 1. The Hall–Kier alpha value is -1.32. The van der Waals surface area contributed by atoms with Gasteiger partial charge in [-0.3, -0.25) is 4.79 Å². The molecule has 0 spiro atoms. The third-order valence-electron chi connectivity index (χ3n) is 1.21. The van der Waals surface area contributed by atoms with E-state index >= 15 is 0 Å². The lowest BCUT2D eigenvalue weighted by molar-refractivity contribution is 0.100. The van der Waals surface area contributed by atoms with Crippen molar-refractivity contribution in [3.63, 3.8) is 0 Å². The van der Waals surface area contributed by atoms with Gasteiger partial charge in [-0.1, -0.05) is 13.8 Å². The molecule has 0 fully saturated rings. The van der Waals surface area contributed by atoms with Crippen molar-refractivity contribution in [2.75, 3.05) is 5.73 Å². The summed E-state index contributed by atoms with van der Waals surface area (Å²) in [5.74, 6) is 0.712. The van der Waals surface area contributed by atoms with E-state index in [4.69, 9.17) is 5.73 Å². The number of hydrogen-bond donors (Lipinski definition) is 1. The number of nitrogen functional groups attached to an aromatic ring is 1. The molecule has 1 aromatic rings. The van der Waals surface area contributed by atoms with E-state index in [0.29, 0.717) is 11.6 Å². The van der Waals surface area contributed by atoms with Crippen LogP contribution in [-0.2, 0) is 7.05 Å². The van der Waals surface area contributed by atoms with Crippen molar-refractivity contribution in [1.82, 2.24) is 9.55 Å². The average Bonchev–Trinajstić information content (AvgIpc) is 2.34. The average molecular weight is 169 g/mol. The first-order valence-corrected chi connectivity index (χ1v) is 3.91. The van der Waals surface area contributed by atoms with Crippen molar-refractivity contribution >= 4 is 11.6 Å². The van der Waals surface area contributed by atoms with E-state index in [1.807, 2.05) is 13.8 Å². The summed E-state index contributed by atoms with van der Waals surface area (Å²) >= 11 is 0. The number of nitrogens with two attached hydrogens (primary N) is 1. The minimum atomic E-state index is -0.0702. The minimum absolute atomic E-state index is 0.0702. The summed E-state index contributed by atoms with van der Waals surface area (Å²) < 4.78 is 1.61. The molecule has 0 bridgehead atoms. The number of rotatable bonds is 1. The Morgan fingerprint density at radius 1 is 1.58 bits per heavy atom. The molecule has 1 rings (SSSR count). The zero-order valence-electron chi connectivity index (χ0n) is 7.96. The summed E-state index contributed by atoms with van der Waals surface area (Å²) in [6.45, 7) is 5.46. The van der Waals surface area contributed by atoms with Crippen LogP contribution in [0.4, 0.5) is 5.82 Å². The SMILES string of the molecule is CC.CC(=O)c1nc(N)cn1C. The second kappa shape index (κ2) is 4.54. The van der Waals surface area contributed by atoms with Gasteiger partial charge in [0, 0.05) is 20.2 Å². The van der Waals surface area contributed by atoms with E-state index in [9.17, 15) is 4.79 Å². The largest absolute Gasteiger partial charge is 0.382 e. The van der Waals surface area contributed by atoms with Crippen molar-refractivity contribution in [1.29, 1.82) is 0 Å². The standard InChI is InChI=1S/C6H9N3O.C2H6/c1-4(10)6-8-5(7)3-9(6)2;1-2/h3H,7H2,1-2H3;1-2H3. The van der Waals surface area contributed by atoms with Crippen molar-refractivity contribution < 1.29 is 4.79 Å². The molecule has 0 aliphatic heterocycles. The maximum atomic E-state index is 10.7. The molecular formula is C8H15N3O. The number of hydrogen-bond acceptors (Lipinski definition) is 3. The zero-order chi connectivity index (χ0) is 9.72. The molecule has 0 aromatic carbocycles. The van der Waals surface area contributed by atoms with Crippen molar-refractivity contribution in [2.45, 2.75) is 20.8 Å². The number of imidazole rings is 1. The number of aryl methyl sites for hydroxylation is 1. The third-order valence-corrected chi connectivity index (χ3v) is 1.21. The van der Waals surface area contributed by atoms with Gasteiger partial charge in [0.25, 0.3) is 0 Å². The molecule has 2 N–H and O–H groups in total. The van der Waals surface area contributed by atoms with Crippen LogP contribution in [0.1, 0.15) is 31.4 Å². The van der Waals surface area contributed by atoms with E-state index in [0.717, 1.165) is 0 Å². The summed E-state index contributed by atoms with van der Waals surface area (Å²) in [4.78, 5) is 14.5. The van der Waals surface area contributed by atoms with Gasteiger partial charge in [-0.05, 0) is 0 Å². The normalized spacial score (nSPS) is 8.67. The second-order valence-electron chi connectivity index (χ2n) is 2.16. The Bertz CT molecular complexity index is 265. The molecule has 1 aromatic heterocycles. The molecule has 0 aliphatic rings. The highest BCUT2D eigenvalue weighted by atomic mass is 16.1. The van der Waals surface area contributed by atoms with Crippen molar-refractivity contribution in [3.05, 3.63) is 12.0 Å². The fourth-order valence-corrected chi connectivity index (χ4v) is 0.817. The van der Waals surface area contributed by atoms with Gasteiger partial charge in [-0.2, -0.15) is 0 Å². The molecule has 68 valence electrons. The molecule has 1 heterocycles.